The molecule has 1 aliphatic heterocycles. The first-order valence-corrected chi connectivity index (χ1v) is 8.49. The number of nitrogens with zero attached hydrogens (tertiary/aromatic N) is 2. The molecule has 1 amide bonds. The maximum Gasteiger partial charge on any atom is 0.410 e. The van der Waals surface area contributed by atoms with Gasteiger partial charge in [-0.1, -0.05) is 19.1 Å². The van der Waals surface area contributed by atoms with Crippen LogP contribution < -0.4 is 10.1 Å². The smallest absolute Gasteiger partial charge is 0.410 e. The minimum Gasteiger partial charge on any atom is -0.485 e. The van der Waals surface area contributed by atoms with Crippen molar-refractivity contribution in [1.82, 2.24) is 15.2 Å². The molecule has 1 aromatic heterocycles. The molecule has 0 bridgehead atoms. The molecule has 0 aromatic carbocycles. The molecule has 0 radical (unpaired) electrons. The van der Waals surface area contributed by atoms with Crippen molar-refractivity contribution in [2.45, 2.75) is 38.8 Å². The maximum absolute atomic E-state index is 11.7. The van der Waals surface area contributed by atoms with E-state index in [2.05, 4.69) is 23.3 Å². The molecule has 0 saturated carbocycles. The van der Waals surface area contributed by atoms with E-state index < -0.39 is 0 Å². The summed E-state index contributed by atoms with van der Waals surface area (Å²) < 4.78 is 11.0. The second-order valence-electron chi connectivity index (χ2n) is 6.04. The molecule has 6 nitrogen and oxygen atoms in total. The summed E-state index contributed by atoms with van der Waals surface area (Å²) in [6.07, 6.45) is 9.21. The van der Waals surface area contributed by atoms with E-state index in [1.54, 1.807) is 11.1 Å². The van der Waals surface area contributed by atoms with Crippen molar-refractivity contribution in [3.05, 3.63) is 30.1 Å². The van der Waals surface area contributed by atoms with E-state index in [-0.39, 0.29) is 12.2 Å². The van der Waals surface area contributed by atoms with Crippen LogP contribution in [0.1, 0.15) is 32.3 Å². The molecule has 1 fully saturated rings. The molecule has 132 valence electrons. The number of amides is 1. The van der Waals surface area contributed by atoms with Crippen LogP contribution in [0.3, 0.4) is 0 Å². The number of ether oxygens (including phenoxy) is 2. The highest BCUT2D eigenvalue weighted by molar-refractivity contribution is 5.68. The van der Waals surface area contributed by atoms with E-state index in [1.165, 1.54) is 0 Å². The lowest BCUT2D eigenvalue weighted by molar-refractivity contribution is 0.0111. The Morgan fingerprint density at radius 3 is 3.00 bits per heavy atom. The Morgan fingerprint density at radius 1 is 1.50 bits per heavy atom. The number of rotatable bonds is 8. The third-order valence-electron chi connectivity index (χ3n) is 3.87. The van der Waals surface area contributed by atoms with Crippen LogP contribution in [-0.4, -0.2) is 54.9 Å². The van der Waals surface area contributed by atoms with Crippen LogP contribution in [0.15, 0.2) is 24.5 Å². The minimum atomic E-state index is -0.259. The molecule has 1 saturated heterocycles. The van der Waals surface area contributed by atoms with E-state index in [0.29, 0.717) is 25.7 Å². The number of hydrogen-bond donors (Lipinski definition) is 1. The number of hydrogen-bond acceptors (Lipinski definition) is 5. The lowest BCUT2D eigenvalue weighted by Crippen LogP contribution is -2.56. The first-order chi connectivity index (χ1) is 11.6. The number of carbonyl (C=O) groups is 1. The Balaban J connectivity index is 1.78. The van der Waals surface area contributed by atoms with Gasteiger partial charge in [-0.2, -0.15) is 0 Å². The number of aromatic nitrogens is 1. The Kier molecular flexibility index (Phi) is 7.06. The molecule has 1 aromatic rings. The SMILES string of the molecule is CCCOC(=O)N1CC(Oc2cncc(/C=C/C[C@H](C)NC)c2)C1. The first-order valence-electron chi connectivity index (χ1n) is 8.49. The summed E-state index contributed by atoms with van der Waals surface area (Å²) in [4.78, 5) is 17.5. The molecular formula is C18H27N3O3. The highest BCUT2D eigenvalue weighted by Gasteiger charge is 2.33. The Hall–Kier alpha value is -2.08. The molecule has 2 heterocycles. The molecule has 0 spiro atoms. The minimum absolute atomic E-state index is 0.00418. The van der Waals surface area contributed by atoms with Crippen molar-refractivity contribution in [2.75, 3.05) is 26.7 Å². The number of nitrogens with one attached hydrogen (secondary N) is 1. The summed E-state index contributed by atoms with van der Waals surface area (Å²) in [5.74, 6) is 0.727. The van der Waals surface area contributed by atoms with Gasteiger partial charge in [0.25, 0.3) is 0 Å². The van der Waals surface area contributed by atoms with Crippen molar-refractivity contribution in [2.24, 2.45) is 0 Å². The predicted octanol–water partition coefficient (Wildman–Crippen LogP) is 2.70. The zero-order valence-corrected chi connectivity index (χ0v) is 14.7. The molecule has 1 aliphatic rings. The second-order valence-corrected chi connectivity index (χ2v) is 6.04. The fourth-order valence-corrected chi connectivity index (χ4v) is 2.25. The molecule has 1 N–H and O–H groups in total. The quantitative estimate of drug-likeness (QED) is 0.792. The van der Waals surface area contributed by atoms with Gasteiger partial charge in [0, 0.05) is 12.2 Å². The summed E-state index contributed by atoms with van der Waals surface area (Å²) in [6.45, 7) is 5.69. The summed E-state index contributed by atoms with van der Waals surface area (Å²) in [6, 6.07) is 2.41. The lowest BCUT2D eigenvalue weighted by Gasteiger charge is -2.37. The van der Waals surface area contributed by atoms with Gasteiger partial charge in [-0.05, 0) is 38.4 Å². The topological polar surface area (TPSA) is 63.7 Å². The van der Waals surface area contributed by atoms with Gasteiger partial charge in [0.2, 0.25) is 0 Å². The van der Waals surface area contributed by atoms with Gasteiger partial charge < -0.3 is 19.7 Å². The first kappa shape index (κ1) is 18.3. The van der Waals surface area contributed by atoms with E-state index in [9.17, 15) is 4.79 Å². The summed E-state index contributed by atoms with van der Waals surface area (Å²) in [5.41, 5.74) is 1.01. The van der Waals surface area contributed by atoms with Gasteiger partial charge in [-0.15, -0.1) is 0 Å². The van der Waals surface area contributed by atoms with Crippen LogP contribution in [-0.2, 0) is 4.74 Å². The van der Waals surface area contributed by atoms with Crippen LogP contribution in [0, 0.1) is 0 Å². The Labute approximate surface area is 143 Å². The fourth-order valence-electron chi connectivity index (χ4n) is 2.25. The maximum atomic E-state index is 11.7. The number of carbonyl (C=O) groups excluding carboxylic acids is 1. The van der Waals surface area contributed by atoms with Gasteiger partial charge >= 0.3 is 6.09 Å². The Morgan fingerprint density at radius 2 is 2.29 bits per heavy atom. The highest BCUT2D eigenvalue weighted by atomic mass is 16.6. The average molecular weight is 333 g/mol. The van der Waals surface area contributed by atoms with Gasteiger partial charge in [0.15, 0.2) is 0 Å². The van der Waals surface area contributed by atoms with Gasteiger partial charge in [0.1, 0.15) is 11.9 Å². The zero-order valence-electron chi connectivity index (χ0n) is 14.7. The summed E-state index contributed by atoms with van der Waals surface area (Å²) in [5, 5.41) is 3.20. The van der Waals surface area contributed by atoms with Crippen LogP contribution in [0.25, 0.3) is 6.08 Å². The normalized spacial score (nSPS) is 16.0. The monoisotopic (exact) mass is 333 g/mol. The molecule has 0 aliphatic carbocycles. The molecule has 1 atom stereocenters. The number of likely N-dealkylation sites (tertiary alicyclic amines) is 1. The molecule has 0 unspecified atom stereocenters. The second kappa shape index (κ2) is 9.27. The zero-order chi connectivity index (χ0) is 17.4. The largest absolute Gasteiger partial charge is 0.485 e. The molecule has 2 rings (SSSR count). The van der Waals surface area contributed by atoms with Crippen molar-refractivity contribution < 1.29 is 14.3 Å². The molecule has 6 heteroatoms. The summed E-state index contributed by atoms with van der Waals surface area (Å²) in [7, 11) is 1.95. The van der Waals surface area contributed by atoms with Crippen molar-refractivity contribution in [3.8, 4) is 5.75 Å². The highest BCUT2D eigenvalue weighted by Crippen LogP contribution is 2.19. The van der Waals surface area contributed by atoms with Gasteiger partial charge in [-0.25, -0.2) is 4.79 Å². The van der Waals surface area contributed by atoms with Crippen molar-refractivity contribution >= 4 is 12.2 Å². The van der Waals surface area contributed by atoms with Crippen LogP contribution in [0.2, 0.25) is 0 Å². The van der Waals surface area contributed by atoms with Crippen LogP contribution >= 0.6 is 0 Å². The molecule has 24 heavy (non-hydrogen) atoms. The summed E-state index contributed by atoms with van der Waals surface area (Å²) >= 11 is 0. The average Bonchev–Trinajstić information content (AvgIpc) is 2.55. The van der Waals surface area contributed by atoms with Crippen LogP contribution in [0.4, 0.5) is 4.79 Å². The third kappa shape index (κ3) is 5.53. The van der Waals surface area contributed by atoms with Crippen molar-refractivity contribution in [1.29, 1.82) is 0 Å². The standard InChI is InChI=1S/C18H27N3O3/c1-4-8-23-18(22)21-12-17(13-21)24-16-9-15(10-20-11-16)7-5-6-14(2)19-3/h5,7,9-11,14,17,19H,4,6,8,12-13H2,1-3H3/b7-5+/t14-/m0/s1. The third-order valence-corrected chi connectivity index (χ3v) is 3.87. The van der Waals surface area contributed by atoms with E-state index >= 15 is 0 Å². The van der Waals surface area contributed by atoms with E-state index in [1.807, 2.05) is 32.3 Å². The number of pyridine rings is 1. The fraction of sp³-hybridized carbons (Fsp3) is 0.556. The predicted molar refractivity (Wildman–Crippen MR) is 94.0 cm³/mol. The van der Waals surface area contributed by atoms with Crippen LogP contribution in [0.5, 0.6) is 5.75 Å². The Bertz CT molecular complexity index is 556. The molecular weight excluding hydrogens is 306 g/mol. The lowest BCUT2D eigenvalue weighted by atomic mass is 10.1. The van der Waals surface area contributed by atoms with E-state index in [4.69, 9.17) is 9.47 Å². The van der Waals surface area contributed by atoms with Gasteiger partial charge in [-0.3, -0.25) is 4.98 Å². The van der Waals surface area contributed by atoms with Gasteiger partial charge in [0.05, 0.1) is 25.9 Å². The van der Waals surface area contributed by atoms with Crippen molar-refractivity contribution in [3.63, 3.8) is 0 Å². The van der Waals surface area contributed by atoms with E-state index in [0.717, 1.165) is 24.2 Å².